The quantitative estimate of drug-likeness (QED) is 0.390. The Hall–Kier alpha value is -2.60. The molecule has 0 atom stereocenters. The minimum absolute atomic E-state index is 0.0995. The lowest BCUT2D eigenvalue weighted by atomic mass is 10.2. The van der Waals surface area contributed by atoms with Crippen molar-refractivity contribution in [2.24, 2.45) is 0 Å². The summed E-state index contributed by atoms with van der Waals surface area (Å²) in [7, 11) is 0. The summed E-state index contributed by atoms with van der Waals surface area (Å²) in [6.45, 7) is 3.47. The highest BCUT2D eigenvalue weighted by atomic mass is 32.1. The number of hydrogen-bond acceptors (Lipinski definition) is 5. The second kappa shape index (κ2) is 11.1. The van der Waals surface area contributed by atoms with Gasteiger partial charge in [-0.2, -0.15) is 0 Å². The molecule has 0 saturated carbocycles. The zero-order valence-electron chi connectivity index (χ0n) is 14.8. The van der Waals surface area contributed by atoms with Crippen LogP contribution in [-0.4, -0.2) is 31.6 Å². The Morgan fingerprint density at radius 2 is 1.96 bits per heavy atom. The van der Waals surface area contributed by atoms with Gasteiger partial charge in [-0.3, -0.25) is 4.79 Å². The Balaban J connectivity index is 1.62. The fourth-order valence-electron chi connectivity index (χ4n) is 2.05. The summed E-state index contributed by atoms with van der Waals surface area (Å²) in [6, 6.07) is 11.1. The SMILES string of the molecule is CCCOc1ccc(/C=C/C(=O)OCCCNC(=O)c2cccs2)cc1. The minimum atomic E-state index is -0.402. The van der Waals surface area contributed by atoms with E-state index < -0.39 is 5.97 Å². The van der Waals surface area contributed by atoms with Crippen molar-refractivity contribution in [3.05, 3.63) is 58.3 Å². The van der Waals surface area contributed by atoms with E-state index in [4.69, 9.17) is 9.47 Å². The molecule has 0 unspecified atom stereocenters. The first-order valence-corrected chi connectivity index (χ1v) is 9.46. The van der Waals surface area contributed by atoms with Crippen LogP contribution < -0.4 is 10.1 Å². The predicted octanol–water partition coefficient (Wildman–Crippen LogP) is 3.91. The van der Waals surface area contributed by atoms with Crippen LogP contribution in [0.1, 0.15) is 35.0 Å². The lowest BCUT2D eigenvalue weighted by molar-refractivity contribution is -0.137. The molecule has 138 valence electrons. The molecular formula is C20H23NO4S. The summed E-state index contributed by atoms with van der Waals surface area (Å²) in [5, 5.41) is 4.64. The molecule has 1 aromatic heterocycles. The second-order valence-electron chi connectivity index (χ2n) is 5.51. The molecule has 1 amide bonds. The molecule has 2 rings (SSSR count). The average Bonchev–Trinajstić information content (AvgIpc) is 3.20. The molecule has 0 fully saturated rings. The van der Waals surface area contributed by atoms with Crippen molar-refractivity contribution in [3.63, 3.8) is 0 Å². The number of carbonyl (C=O) groups excluding carboxylic acids is 2. The smallest absolute Gasteiger partial charge is 0.330 e. The van der Waals surface area contributed by atoms with Crippen LogP contribution in [0.25, 0.3) is 6.08 Å². The van der Waals surface area contributed by atoms with Gasteiger partial charge in [-0.25, -0.2) is 4.79 Å². The predicted molar refractivity (Wildman–Crippen MR) is 103 cm³/mol. The highest BCUT2D eigenvalue weighted by molar-refractivity contribution is 7.12. The van der Waals surface area contributed by atoms with E-state index in [1.54, 1.807) is 12.1 Å². The van der Waals surface area contributed by atoms with E-state index in [-0.39, 0.29) is 12.5 Å². The van der Waals surface area contributed by atoms with Crippen LogP contribution in [0.5, 0.6) is 5.75 Å². The van der Waals surface area contributed by atoms with Crippen LogP contribution in [0.4, 0.5) is 0 Å². The molecular weight excluding hydrogens is 350 g/mol. The monoisotopic (exact) mass is 373 g/mol. The minimum Gasteiger partial charge on any atom is -0.494 e. The van der Waals surface area contributed by atoms with Crippen LogP contribution in [0.3, 0.4) is 0 Å². The number of esters is 1. The first kappa shape index (κ1) is 19.7. The summed E-state index contributed by atoms with van der Waals surface area (Å²) in [5.74, 6) is 0.314. The third kappa shape index (κ3) is 7.11. The summed E-state index contributed by atoms with van der Waals surface area (Å²) in [5.41, 5.74) is 0.897. The van der Waals surface area contributed by atoms with Crippen molar-refractivity contribution in [3.8, 4) is 5.75 Å². The van der Waals surface area contributed by atoms with Gasteiger partial charge in [0.25, 0.3) is 5.91 Å². The van der Waals surface area contributed by atoms with E-state index in [0.717, 1.165) is 17.7 Å². The molecule has 0 bridgehead atoms. The molecule has 6 heteroatoms. The molecule has 0 spiro atoms. The van der Waals surface area contributed by atoms with Crippen LogP contribution in [0.2, 0.25) is 0 Å². The first-order chi connectivity index (χ1) is 12.7. The number of thiophene rings is 1. The van der Waals surface area contributed by atoms with E-state index >= 15 is 0 Å². The molecule has 2 aromatic rings. The van der Waals surface area contributed by atoms with Gasteiger partial charge >= 0.3 is 5.97 Å². The number of amides is 1. The molecule has 1 aromatic carbocycles. The number of rotatable bonds is 10. The van der Waals surface area contributed by atoms with Gasteiger partial charge in [0.15, 0.2) is 0 Å². The molecule has 26 heavy (non-hydrogen) atoms. The van der Waals surface area contributed by atoms with Crippen molar-refractivity contribution in [1.29, 1.82) is 0 Å². The topological polar surface area (TPSA) is 64.6 Å². The zero-order valence-corrected chi connectivity index (χ0v) is 15.6. The van der Waals surface area contributed by atoms with E-state index in [1.807, 2.05) is 35.7 Å². The normalized spacial score (nSPS) is 10.7. The maximum absolute atomic E-state index is 11.7. The van der Waals surface area contributed by atoms with Crippen LogP contribution in [0, 0.1) is 0 Å². The zero-order chi connectivity index (χ0) is 18.6. The van der Waals surface area contributed by atoms with Crippen molar-refractivity contribution in [1.82, 2.24) is 5.32 Å². The molecule has 0 aliphatic rings. The molecule has 0 saturated heterocycles. The number of nitrogens with one attached hydrogen (secondary N) is 1. The van der Waals surface area contributed by atoms with Crippen molar-refractivity contribution in [2.75, 3.05) is 19.8 Å². The second-order valence-corrected chi connectivity index (χ2v) is 6.45. The Labute approximate surface area is 157 Å². The summed E-state index contributed by atoms with van der Waals surface area (Å²) in [6.07, 6.45) is 4.63. The summed E-state index contributed by atoms with van der Waals surface area (Å²) in [4.78, 5) is 24.1. The fraction of sp³-hybridized carbons (Fsp3) is 0.300. The standard InChI is InChI=1S/C20H23NO4S/c1-2-13-24-17-9-6-16(7-10-17)8-11-19(22)25-14-4-12-21-20(23)18-5-3-15-26-18/h3,5-11,15H,2,4,12-14H2,1H3,(H,21,23)/b11-8+. The molecule has 1 N–H and O–H groups in total. The molecule has 1 heterocycles. The number of benzene rings is 1. The van der Waals surface area contributed by atoms with Crippen molar-refractivity contribution < 1.29 is 19.1 Å². The maximum Gasteiger partial charge on any atom is 0.330 e. The third-order valence-electron chi connectivity index (χ3n) is 3.36. The fourth-order valence-corrected chi connectivity index (χ4v) is 2.69. The van der Waals surface area contributed by atoms with Gasteiger partial charge in [0.05, 0.1) is 18.1 Å². The lowest BCUT2D eigenvalue weighted by Crippen LogP contribution is -2.24. The van der Waals surface area contributed by atoms with Gasteiger partial charge in [-0.1, -0.05) is 25.1 Å². The Morgan fingerprint density at radius 1 is 1.15 bits per heavy atom. The van der Waals surface area contributed by atoms with Gasteiger partial charge < -0.3 is 14.8 Å². The number of ether oxygens (including phenoxy) is 2. The van der Waals surface area contributed by atoms with E-state index in [1.165, 1.54) is 17.4 Å². The third-order valence-corrected chi connectivity index (χ3v) is 4.23. The van der Waals surface area contributed by atoms with Gasteiger partial charge in [-0.05, 0) is 48.1 Å². The van der Waals surface area contributed by atoms with Crippen molar-refractivity contribution in [2.45, 2.75) is 19.8 Å². The Kier molecular flexibility index (Phi) is 8.42. The summed E-state index contributed by atoms with van der Waals surface area (Å²) < 4.78 is 10.6. The molecule has 0 aliphatic heterocycles. The van der Waals surface area contributed by atoms with E-state index in [2.05, 4.69) is 12.2 Å². The van der Waals surface area contributed by atoms with Gasteiger partial charge in [0, 0.05) is 12.6 Å². The highest BCUT2D eigenvalue weighted by Gasteiger charge is 2.05. The van der Waals surface area contributed by atoms with E-state index in [0.29, 0.717) is 24.4 Å². The van der Waals surface area contributed by atoms with Gasteiger partial charge in [-0.15, -0.1) is 11.3 Å². The Morgan fingerprint density at radius 3 is 2.65 bits per heavy atom. The molecule has 5 nitrogen and oxygen atoms in total. The molecule has 0 radical (unpaired) electrons. The van der Waals surface area contributed by atoms with Gasteiger partial charge in [0.1, 0.15) is 5.75 Å². The molecule has 0 aliphatic carbocycles. The number of hydrogen-bond donors (Lipinski definition) is 1. The van der Waals surface area contributed by atoms with Crippen LogP contribution >= 0.6 is 11.3 Å². The van der Waals surface area contributed by atoms with Gasteiger partial charge in [0.2, 0.25) is 0 Å². The first-order valence-electron chi connectivity index (χ1n) is 8.58. The van der Waals surface area contributed by atoms with Crippen molar-refractivity contribution >= 4 is 29.3 Å². The van der Waals surface area contributed by atoms with E-state index in [9.17, 15) is 9.59 Å². The summed E-state index contributed by atoms with van der Waals surface area (Å²) >= 11 is 1.39. The average molecular weight is 373 g/mol. The lowest BCUT2D eigenvalue weighted by Gasteiger charge is -2.05. The Bertz CT molecular complexity index is 708. The van der Waals surface area contributed by atoms with Crippen LogP contribution in [0.15, 0.2) is 47.9 Å². The van der Waals surface area contributed by atoms with Crippen LogP contribution in [-0.2, 0) is 9.53 Å². The largest absolute Gasteiger partial charge is 0.494 e. The number of carbonyl (C=O) groups is 2. The maximum atomic E-state index is 11.7. The highest BCUT2D eigenvalue weighted by Crippen LogP contribution is 2.13.